The SMILES string of the molecule is NC(=O)[C@H](CS)NC(=O)[C@@H](N)Cc1ccc(F)cc1. The maximum Gasteiger partial charge on any atom is 0.240 e. The molecule has 2 amide bonds. The van der Waals surface area contributed by atoms with E-state index in [4.69, 9.17) is 11.5 Å². The molecule has 0 fully saturated rings. The Hall–Kier alpha value is -1.60. The van der Waals surface area contributed by atoms with Crippen LogP contribution in [0.15, 0.2) is 24.3 Å². The first-order chi connectivity index (χ1) is 8.93. The highest BCUT2D eigenvalue weighted by Crippen LogP contribution is 2.05. The smallest absolute Gasteiger partial charge is 0.240 e. The molecule has 0 saturated carbocycles. The minimum atomic E-state index is -0.852. The quantitative estimate of drug-likeness (QED) is 0.535. The number of nitrogens with two attached hydrogens (primary N) is 2. The van der Waals surface area contributed by atoms with Gasteiger partial charge >= 0.3 is 0 Å². The molecule has 0 saturated heterocycles. The third-order valence-electron chi connectivity index (χ3n) is 2.55. The number of primary amides is 1. The summed E-state index contributed by atoms with van der Waals surface area (Å²) >= 11 is 3.91. The summed E-state index contributed by atoms with van der Waals surface area (Å²) in [5.41, 5.74) is 11.5. The van der Waals surface area contributed by atoms with Gasteiger partial charge < -0.3 is 16.8 Å². The first-order valence-corrected chi connectivity index (χ1v) is 6.28. The van der Waals surface area contributed by atoms with Gasteiger partial charge in [0.1, 0.15) is 11.9 Å². The molecule has 0 aromatic heterocycles. The monoisotopic (exact) mass is 285 g/mol. The zero-order valence-corrected chi connectivity index (χ0v) is 11.1. The van der Waals surface area contributed by atoms with Gasteiger partial charge in [0.05, 0.1) is 6.04 Å². The number of amides is 2. The minimum absolute atomic E-state index is 0.102. The summed E-state index contributed by atoms with van der Waals surface area (Å²) in [7, 11) is 0. The van der Waals surface area contributed by atoms with Crippen molar-refractivity contribution in [3.05, 3.63) is 35.6 Å². The van der Waals surface area contributed by atoms with Gasteiger partial charge in [0, 0.05) is 5.75 Å². The van der Waals surface area contributed by atoms with Gasteiger partial charge in [0.25, 0.3) is 0 Å². The lowest BCUT2D eigenvalue weighted by atomic mass is 10.1. The molecule has 5 N–H and O–H groups in total. The lowest BCUT2D eigenvalue weighted by Crippen LogP contribution is -2.51. The Morgan fingerprint density at radius 3 is 2.37 bits per heavy atom. The second-order valence-corrected chi connectivity index (χ2v) is 4.45. The van der Waals surface area contributed by atoms with Crippen molar-refractivity contribution >= 4 is 24.4 Å². The highest BCUT2D eigenvalue weighted by molar-refractivity contribution is 7.80. The van der Waals surface area contributed by atoms with Crippen LogP contribution in [0.5, 0.6) is 0 Å². The average Bonchev–Trinajstić information content (AvgIpc) is 2.37. The third kappa shape index (κ3) is 4.88. The lowest BCUT2D eigenvalue weighted by Gasteiger charge is -2.17. The Morgan fingerprint density at radius 1 is 1.32 bits per heavy atom. The minimum Gasteiger partial charge on any atom is -0.368 e. The predicted octanol–water partition coefficient (Wildman–Crippen LogP) is -0.405. The third-order valence-corrected chi connectivity index (χ3v) is 2.91. The Kier molecular flexibility index (Phi) is 5.78. The zero-order chi connectivity index (χ0) is 14.4. The van der Waals surface area contributed by atoms with Gasteiger partial charge in [-0.3, -0.25) is 9.59 Å². The molecule has 0 radical (unpaired) electrons. The molecule has 0 aliphatic rings. The number of carbonyl (C=O) groups is 2. The van der Waals surface area contributed by atoms with Gasteiger partial charge in [0.2, 0.25) is 11.8 Å². The van der Waals surface area contributed by atoms with Crippen LogP contribution >= 0.6 is 12.6 Å². The molecule has 1 aromatic carbocycles. The fourth-order valence-corrected chi connectivity index (χ4v) is 1.72. The summed E-state index contributed by atoms with van der Waals surface area (Å²) in [5, 5.41) is 2.41. The van der Waals surface area contributed by atoms with E-state index in [1.807, 2.05) is 0 Å². The number of thiol groups is 1. The molecule has 7 heteroatoms. The average molecular weight is 285 g/mol. The second-order valence-electron chi connectivity index (χ2n) is 4.08. The molecular formula is C12H16FN3O2S. The van der Waals surface area contributed by atoms with Crippen LogP contribution in [0, 0.1) is 5.82 Å². The fourth-order valence-electron chi connectivity index (χ4n) is 1.45. The van der Waals surface area contributed by atoms with E-state index in [1.165, 1.54) is 12.1 Å². The molecule has 0 spiro atoms. The Labute approximate surface area is 115 Å². The van der Waals surface area contributed by atoms with Crippen LogP contribution in [0.3, 0.4) is 0 Å². The molecule has 104 valence electrons. The number of hydrogen-bond donors (Lipinski definition) is 4. The van der Waals surface area contributed by atoms with Gasteiger partial charge in [-0.25, -0.2) is 4.39 Å². The number of carbonyl (C=O) groups excluding carboxylic acids is 2. The predicted molar refractivity (Wildman–Crippen MR) is 73.1 cm³/mol. The van der Waals surface area contributed by atoms with Crippen molar-refractivity contribution in [1.82, 2.24) is 5.32 Å². The van der Waals surface area contributed by atoms with Crippen molar-refractivity contribution in [3.8, 4) is 0 Å². The highest BCUT2D eigenvalue weighted by Gasteiger charge is 2.20. The van der Waals surface area contributed by atoms with Crippen molar-refractivity contribution in [2.45, 2.75) is 18.5 Å². The largest absolute Gasteiger partial charge is 0.368 e. The number of benzene rings is 1. The number of halogens is 1. The topological polar surface area (TPSA) is 98.2 Å². The van der Waals surface area contributed by atoms with Gasteiger partial charge in [-0.2, -0.15) is 12.6 Å². The van der Waals surface area contributed by atoms with E-state index in [0.717, 1.165) is 5.56 Å². The molecule has 0 aliphatic heterocycles. The standard InChI is InChI=1S/C12H16FN3O2S/c13-8-3-1-7(2-4-8)5-9(14)12(18)16-10(6-19)11(15)17/h1-4,9-10,19H,5-6,14H2,(H2,15,17)(H,16,18)/t9-,10-/m0/s1. The van der Waals surface area contributed by atoms with E-state index >= 15 is 0 Å². The summed E-state index contributed by atoms with van der Waals surface area (Å²) < 4.78 is 12.7. The summed E-state index contributed by atoms with van der Waals surface area (Å²) in [5.74, 6) is -1.42. The molecule has 0 unspecified atom stereocenters. The lowest BCUT2D eigenvalue weighted by molar-refractivity contribution is -0.127. The molecule has 0 heterocycles. The molecule has 0 bridgehead atoms. The van der Waals surface area contributed by atoms with E-state index in [9.17, 15) is 14.0 Å². The van der Waals surface area contributed by atoms with Crippen LogP contribution < -0.4 is 16.8 Å². The molecule has 2 atom stereocenters. The zero-order valence-electron chi connectivity index (χ0n) is 10.2. The van der Waals surface area contributed by atoms with Crippen molar-refractivity contribution in [2.75, 3.05) is 5.75 Å². The second kappa shape index (κ2) is 7.10. The Bertz CT molecular complexity index is 453. The highest BCUT2D eigenvalue weighted by atomic mass is 32.1. The van der Waals surface area contributed by atoms with Crippen LogP contribution in [0.2, 0.25) is 0 Å². The van der Waals surface area contributed by atoms with E-state index in [2.05, 4.69) is 17.9 Å². The Balaban J connectivity index is 2.57. The van der Waals surface area contributed by atoms with Crippen LogP contribution in [-0.4, -0.2) is 29.7 Å². The van der Waals surface area contributed by atoms with Crippen LogP contribution in [0.1, 0.15) is 5.56 Å². The van der Waals surface area contributed by atoms with E-state index in [0.29, 0.717) is 0 Å². The van der Waals surface area contributed by atoms with Gasteiger partial charge in [-0.05, 0) is 24.1 Å². The van der Waals surface area contributed by atoms with Crippen LogP contribution in [0.25, 0.3) is 0 Å². The summed E-state index contributed by atoms with van der Waals surface area (Å²) in [4.78, 5) is 22.7. The van der Waals surface area contributed by atoms with Crippen LogP contribution in [-0.2, 0) is 16.0 Å². The van der Waals surface area contributed by atoms with Gasteiger partial charge in [0.15, 0.2) is 0 Å². The van der Waals surface area contributed by atoms with Crippen LogP contribution in [0.4, 0.5) is 4.39 Å². The van der Waals surface area contributed by atoms with Crippen molar-refractivity contribution in [1.29, 1.82) is 0 Å². The van der Waals surface area contributed by atoms with Gasteiger partial charge in [-0.15, -0.1) is 0 Å². The fraction of sp³-hybridized carbons (Fsp3) is 0.333. The maximum absolute atomic E-state index is 12.7. The Morgan fingerprint density at radius 2 is 1.89 bits per heavy atom. The van der Waals surface area contributed by atoms with E-state index < -0.39 is 23.9 Å². The van der Waals surface area contributed by atoms with Crippen molar-refractivity contribution in [3.63, 3.8) is 0 Å². The maximum atomic E-state index is 12.7. The van der Waals surface area contributed by atoms with E-state index in [-0.39, 0.29) is 18.0 Å². The van der Waals surface area contributed by atoms with E-state index in [1.54, 1.807) is 12.1 Å². The molecule has 19 heavy (non-hydrogen) atoms. The first kappa shape index (κ1) is 15.5. The molecule has 5 nitrogen and oxygen atoms in total. The molecule has 0 aliphatic carbocycles. The number of nitrogens with one attached hydrogen (secondary N) is 1. The normalized spacial score (nSPS) is 13.6. The number of hydrogen-bond acceptors (Lipinski definition) is 4. The van der Waals surface area contributed by atoms with Crippen molar-refractivity contribution in [2.24, 2.45) is 11.5 Å². The summed E-state index contributed by atoms with van der Waals surface area (Å²) in [6, 6.07) is 3.99. The summed E-state index contributed by atoms with van der Waals surface area (Å²) in [6.07, 6.45) is 0.240. The van der Waals surface area contributed by atoms with Crippen molar-refractivity contribution < 1.29 is 14.0 Å². The van der Waals surface area contributed by atoms with Gasteiger partial charge in [-0.1, -0.05) is 12.1 Å². The molecule has 1 rings (SSSR count). The summed E-state index contributed by atoms with van der Waals surface area (Å²) in [6.45, 7) is 0. The molecule has 1 aromatic rings. The first-order valence-electron chi connectivity index (χ1n) is 5.64. The number of rotatable bonds is 6. The molecular weight excluding hydrogens is 269 g/mol.